The molecule has 6 nitrogen and oxygen atoms in total. The fraction of sp³-hybridized carbons (Fsp3) is 0. The van der Waals surface area contributed by atoms with E-state index in [9.17, 15) is 9.59 Å². The van der Waals surface area contributed by atoms with Crippen LogP contribution in [-0.4, -0.2) is 11.8 Å². The zero-order chi connectivity index (χ0) is 21.1. The number of halogens is 2. The number of amides is 2. The fourth-order valence-corrected chi connectivity index (χ4v) is 3.23. The molecule has 4 rings (SSSR count). The highest BCUT2D eigenvalue weighted by molar-refractivity contribution is 6.36. The molecule has 0 saturated carbocycles. The van der Waals surface area contributed by atoms with Crippen LogP contribution >= 0.6 is 23.2 Å². The molecule has 0 fully saturated rings. The van der Waals surface area contributed by atoms with Crippen molar-refractivity contribution in [1.82, 2.24) is 0 Å². The van der Waals surface area contributed by atoms with Crippen LogP contribution in [0.3, 0.4) is 0 Å². The van der Waals surface area contributed by atoms with Crippen LogP contribution in [0.15, 0.2) is 81.8 Å². The van der Waals surface area contributed by atoms with E-state index in [0.717, 1.165) is 0 Å². The molecule has 2 aromatic carbocycles. The lowest BCUT2D eigenvalue weighted by Gasteiger charge is -2.06. The Hall–Kier alpha value is -3.48. The first-order valence-electron chi connectivity index (χ1n) is 8.81. The van der Waals surface area contributed by atoms with E-state index in [4.69, 9.17) is 32.0 Å². The number of furan rings is 2. The predicted octanol–water partition coefficient (Wildman–Crippen LogP) is 6.35. The number of carbonyl (C=O) groups is 2. The van der Waals surface area contributed by atoms with Crippen LogP contribution < -0.4 is 10.6 Å². The van der Waals surface area contributed by atoms with Crippen molar-refractivity contribution >= 4 is 46.4 Å². The highest BCUT2D eigenvalue weighted by Gasteiger charge is 2.15. The lowest BCUT2D eigenvalue weighted by Crippen LogP contribution is -2.12. The van der Waals surface area contributed by atoms with E-state index < -0.39 is 5.91 Å². The number of nitrogens with one attached hydrogen (secondary N) is 2. The minimum atomic E-state index is -0.418. The normalized spacial score (nSPS) is 10.6. The molecule has 8 heteroatoms. The van der Waals surface area contributed by atoms with Crippen LogP contribution in [0.5, 0.6) is 0 Å². The minimum Gasteiger partial charge on any atom is -0.459 e. The number of carbonyl (C=O) groups excluding carboxylic acids is 2. The van der Waals surface area contributed by atoms with Crippen molar-refractivity contribution in [2.24, 2.45) is 0 Å². The zero-order valence-corrected chi connectivity index (χ0v) is 16.8. The molecule has 2 N–H and O–H groups in total. The molecule has 2 amide bonds. The van der Waals surface area contributed by atoms with Gasteiger partial charge >= 0.3 is 0 Å². The number of anilines is 2. The van der Waals surface area contributed by atoms with Gasteiger partial charge in [-0.2, -0.15) is 0 Å². The summed E-state index contributed by atoms with van der Waals surface area (Å²) in [5, 5.41) is 6.38. The summed E-state index contributed by atoms with van der Waals surface area (Å²) in [7, 11) is 0. The van der Waals surface area contributed by atoms with Gasteiger partial charge in [0.2, 0.25) is 0 Å². The molecule has 0 unspecified atom stereocenters. The Balaban J connectivity index is 1.41. The topological polar surface area (TPSA) is 84.5 Å². The first-order valence-corrected chi connectivity index (χ1v) is 9.57. The Morgan fingerprint density at radius 3 is 2.03 bits per heavy atom. The highest BCUT2D eigenvalue weighted by atomic mass is 35.5. The molecule has 0 bridgehead atoms. The standard InChI is InChI=1S/C22H14Cl2N2O4/c23-13-3-8-16(17(24)12-13)18-9-10-20(30-18)22(28)26-15-6-4-14(5-7-15)25-21(27)19-2-1-11-29-19/h1-12H,(H,25,27)(H,26,28). The largest absolute Gasteiger partial charge is 0.459 e. The van der Waals surface area contributed by atoms with E-state index in [1.54, 1.807) is 66.7 Å². The molecule has 0 aliphatic heterocycles. The summed E-state index contributed by atoms with van der Waals surface area (Å²) in [6.07, 6.45) is 1.43. The van der Waals surface area contributed by atoms with Gasteiger partial charge < -0.3 is 19.5 Å². The second kappa shape index (κ2) is 8.49. The summed E-state index contributed by atoms with van der Waals surface area (Å²) in [6.45, 7) is 0. The summed E-state index contributed by atoms with van der Waals surface area (Å²) in [5.41, 5.74) is 1.74. The summed E-state index contributed by atoms with van der Waals surface area (Å²) in [6, 6.07) is 18.1. The van der Waals surface area contributed by atoms with Gasteiger partial charge in [0.1, 0.15) is 5.76 Å². The van der Waals surface area contributed by atoms with E-state index in [1.165, 1.54) is 6.26 Å². The average Bonchev–Trinajstić information content (AvgIpc) is 3.42. The average molecular weight is 441 g/mol. The summed E-state index contributed by atoms with van der Waals surface area (Å²) in [4.78, 5) is 24.5. The van der Waals surface area contributed by atoms with Crippen molar-refractivity contribution in [3.63, 3.8) is 0 Å². The first kappa shape index (κ1) is 19.8. The third kappa shape index (κ3) is 4.40. The lowest BCUT2D eigenvalue weighted by atomic mass is 10.2. The van der Waals surface area contributed by atoms with Gasteiger partial charge in [-0.25, -0.2) is 0 Å². The van der Waals surface area contributed by atoms with Crippen LogP contribution in [0, 0.1) is 0 Å². The molecule has 0 aliphatic carbocycles. The second-order valence-corrected chi connectivity index (χ2v) is 7.09. The number of rotatable bonds is 5. The monoisotopic (exact) mass is 440 g/mol. The maximum Gasteiger partial charge on any atom is 0.291 e. The maximum absolute atomic E-state index is 12.5. The summed E-state index contributed by atoms with van der Waals surface area (Å²) < 4.78 is 10.7. The maximum atomic E-state index is 12.5. The SMILES string of the molecule is O=C(Nc1ccc(NC(=O)c2ccc(-c3ccc(Cl)cc3Cl)o2)cc1)c1ccco1. The smallest absolute Gasteiger partial charge is 0.291 e. The third-order valence-corrected chi connectivity index (χ3v) is 4.72. The molecule has 150 valence electrons. The van der Waals surface area contributed by atoms with Crippen molar-refractivity contribution in [2.45, 2.75) is 0 Å². The Labute approximate surface area is 181 Å². The van der Waals surface area contributed by atoms with Crippen molar-refractivity contribution in [3.8, 4) is 11.3 Å². The van der Waals surface area contributed by atoms with Gasteiger partial charge in [-0.05, 0) is 66.7 Å². The van der Waals surface area contributed by atoms with E-state index in [-0.39, 0.29) is 17.4 Å². The number of hydrogen-bond donors (Lipinski definition) is 2. The van der Waals surface area contributed by atoms with Crippen molar-refractivity contribution in [1.29, 1.82) is 0 Å². The fourth-order valence-electron chi connectivity index (χ4n) is 2.72. The molecule has 0 atom stereocenters. The van der Waals surface area contributed by atoms with Gasteiger partial charge in [0.25, 0.3) is 11.8 Å². The van der Waals surface area contributed by atoms with E-state index in [2.05, 4.69) is 10.6 Å². The Morgan fingerprint density at radius 1 is 0.767 bits per heavy atom. The number of benzene rings is 2. The molecule has 4 aromatic rings. The van der Waals surface area contributed by atoms with Gasteiger partial charge in [-0.15, -0.1) is 0 Å². The van der Waals surface area contributed by atoms with Crippen molar-refractivity contribution in [2.75, 3.05) is 10.6 Å². The predicted molar refractivity (Wildman–Crippen MR) is 115 cm³/mol. The van der Waals surface area contributed by atoms with E-state index in [0.29, 0.717) is 32.7 Å². The second-order valence-electron chi connectivity index (χ2n) is 6.25. The van der Waals surface area contributed by atoms with Gasteiger partial charge in [-0.1, -0.05) is 23.2 Å². The minimum absolute atomic E-state index is 0.131. The van der Waals surface area contributed by atoms with Crippen LogP contribution in [0.1, 0.15) is 21.1 Å². The van der Waals surface area contributed by atoms with Crippen LogP contribution in [0.25, 0.3) is 11.3 Å². The Morgan fingerprint density at radius 2 is 1.43 bits per heavy atom. The molecule has 2 aromatic heterocycles. The third-order valence-electron chi connectivity index (χ3n) is 4.17. The van der Waals surface area contributed by atoms with E-state index in [1.807, 2.05) is 0 Å². The molecular formula is C22H14Cl2N2O4. The van der Waals surface area contributed by atoms with E-state index >= 15 is 0 Å². The summed E-state index contributed by atoms with van der Waals surface area (Å²) >= 11 is 12.1. The van der Waals surface area contributed by atoms with Crippen LogP contribution in [-0.2, 0) is 0 Å². The van der Waals surface area contributed by atoms with Gasteiger partial charge in [0.15, 0.2) is 11.5 Å². The zero-order valence-electron chi connectivity index (χ0n) is 15.3. The lowest BCUT2D eigenvalue weighted by molar-refractivity contribution is 0.0989. The molecule has 0 radical (unpaired) electrons. The molecule has 0 spiro atoms. The van der Waals surface area contributed by atoms with Crippen molar-refractivity contribution in [3.05, 3.63) is 94.6 Å². The first-order chi connectivity index (χ1) is 14.5. The molecule has 30 heavy (non-hydrogen) atoms. The van der Waals surface area contributed by atoms with Gasteiger partial charge in [0.05, 0.1) is 11.3 Å². The number of hydrogen-bond acceptors (Lipinski definition) is 4. The Bertz CT molecular complexity index is 1200. The molecule has 2 heterocycles. The van der Waals surface area contributed by atoms with Crippen molar-refractivity contribution < 1.29 is 18.4 Å². The van der Waals surface area contributed by atoms with Crippen LogP contribution in [0.4, 0.5) is 11.4 Å². The Kier molecular flexibility index (Phi) is 5.61. The molecule has 0 aliphatic rings. The van der Waals surface area contributed by atoms with Gasteiger partial charge in [0, 0.05) is 22.0 Å². The van der Waals surface area contributed by atoms with Gasteiger partial charge in [-0.3, -0.25) is 9.59 Å². The quantitative estimate of drug-likeness (QED) is 0.378. The highest BCUT2D eigenvalue weighted by Crippen LogP contribution is 2.31. The van der Waals surface area contributed by atoms with Crippen LogP contribution in [0.2, 0.25) is 10.0 Å². The molecular weight excluding hydrogens is 427 g/mol. The summed E-state index contributed by atoms with van der Waals surface area (Å²) in [5.74, 6) is 0.0188. The molecule has 0 saturated heterocycles.